The number of ether oxygens (including phenoxy) is 1. The van der Waals surface area contributed by atoms with Gasteiger partial charge in [0.1, 0.15) is 17.3 Å². The van der Waals surface area contributed by atoms with Crippen LogP contribution in [0.4, 0.5) is 17.6 Å². The first-order valence-electron chi connectivity index (χ1n) is 7.78. The number of nitrogens with one attached hydrogen (secondary N) is 1. The monoisotopic (exact) mass is 388 g/mol. The average molecular weight is 388 g/mol. The van der Waals surface area contributed by atoms with Crippen LogP contribution in [0.2, 0.25) is 0 Å². The molecule has 1 heterocycles. The average Bonchev–Trinajstić information content (AvgIpc) is 2.60. The summed E-state index contributed by atoms with van der Waals surface area (Å²) in [6.07, 6.45) is -4.57. The van der Waals surface area contributed by atoms with Crippen molar-refractivity contribution in [2.45, 2.75) is 12.6 Å². The van der Waals surface area contributed by atoms with E-state index in [0.717, 1.165) is 7.05 Å². The molecule has 0 fully saturated rings. The van der Waals surface area contributed by atoms with Gasteiger partial charge in [-0.15, -0.1) is 0 Å². The van der Waals surface area contributed by atoms with Crippen LogP contribution in [0.3, 0.4) is 0 Å². The van der Waals surface area contributed by atoms with Gasteiger partial charge >= 0.3 is 6.18 Å². The van der Waals surface area contributed by atoms with Crippen molar-refractivity contribution in [3.05, 3.63) is 57.8 Å². The van der Waals surface area contributed by atoms with E-state index in [-0.39, 0.29) is 17.7 Å². The van der Waals surface area contributed by atoms with Crippen LogP contribution < -0.4 is 15.6 Å². The van der Waals surface area contributed by atoms with Gasteiger partial charge in [-0.3, -0.25) is 9.59 Å². The molecule has 0 unspecified atom stereocenters. The van der Waals surface area contributed by atoms with Crippen LogP contribution in [0.5, 0.6) is 11.5 Å². The number of carbonyl (C=O) groups is 1. The van der Waals surface area contributed by atoms with Crippen molar-refractivity contribution in [3.63, 3.8) is 0 Å². The zero-order valence-electron chi connectivity index (χ0n) is 14.1. The molecule has 0 saturated heterocycles. The molecule has 146 valence electrons. The maximum absolute atomic E-state index is 12.9. The molecule has 27 heavy (non-hydrogen) atoms. The van der Waals surface area contributed by atoms with Crippen LogP contribution in [-0.2, 0) is 13.2 Å². The minimum absolute atomic E-state index is 0.0238. The number of alkyl halides is 3. The lowest BCUT2D eigenvalue weighted by Crippen LogP contribution is -2.31. The smallest absolute Gasteiger partial charge is 0.431 e. The van der Waals surface area contributed by atoms with Crippen molar-refractivity contribution >= 4 is 5.91 Å². The molecule has 0 saturated carbocycles. The molecule has 0 aliphatic heterocycles. The first kappa shape index (κ1) is 20.3. The van der Waals surface area contributed by atoms with Gasteiger partial charge in [0.05, 0.1) is 12.2 Å². The summed E-state index contributed by atoms with van der Waals surface area (Å²) in [7, 11) is 0.847. The second-order valence-corrected chi connectivity index (χ2v) is 5.57. The summed E-state index contributed by atoms with van der Waals surface area (Å²) >= 11 is 0. The number of nitrogens with zero attached hydrogens (tertiary/aromatic N) is 1. The van der Waals surface area contributed by atoms with Crippen molar-refractivity contribution in [2.75, 3.05) is 13.2 Å². The minimum atomic E-state index is -4.86. The summed E-state index contributed by atoms with van der Waals surface area (Å²) in [5.74, 6) is -2.08. The summed E-state index contributed by atoms with van der Waals surface area (Å²) < 4.78 is 57.1. The maximum Gasteiger partial charge on any atom is 0.431 e. The Kier molecular flexibility index (Phi) is 6.09. The Morgan fingerprint density at radius 2 is 1.89 bits per heavy atom. The first-order valence-corrected chi connectivity index (χ1v) is 7.78. The van der Waals surface area contributed by atoms with Crippen LogP contribution in [-0.4, -0.2) is 28.7 Å². The van der Waals surface area contributed by atoms with Crippen LogP contribution in [0.1, 0.15) is 22.5 Å². The lowest BCUT2D eigenvalue weighted by molar-refractivity contribution is -0.143. The topological polar surface area (TPSA) is 80.6 Å². The summed E-state index contributed by atoms with van der Waals surface area (Å²) in [5, 5.41) is 12.0. The Bertz CT molecular complexity index is 876. The Hall–Kier alpha value is -3.04. The molecule has 0 aliphatic carbocycles. The van der Waals surface area contributed by atoms with Gasteiger partial charge in [0, 0.05) is 13.6 Å². The third-order valence-electron chi connectivity index (χ3n) is 3.63. The maximum atomic E-state index is 12.9. The number of rotatable bonds is 6. The molecule has 2 aromatic rings. The van der Waals surface area contributed by atoms with Gasteiger partial charge in [-0.2, -0.15) is 13.2 Å². The summed E-state index contributed by atoms with van der Waals surface area (Å²) in [4.78, 5) is 23.7. The Balaban J connectivity index is 1.96. The zero-order valence-corrected chi connectivity index (χ0v) is 14.1. The normalized spacial score (nSPS) is 11.3. The highest BCUT2D eigenvalue weighted by atomic mass is 19.4. The molecule has 1 aromatic carbocycles. The highest BCUT2D eigenvalue weighted by Crippen LogP contribution is 2.30. The van der Waals surface area contributed by atoms with E-state index in [0.29, 0.717) is 18.2 Å². The Labute approximate surface area is 151 Å². The van der Waals surface area contributed by atoms with Crippen molar-refractivity contribution in [1.82, 2.24) is 9.88 Å². The van der Waals surface area contributed by atoms with Crippen molar-refractivity contribution in [1.29, 1.82) is 0 Å². The SMILES string of the molecule is Cn1c(C(F)(F)F)cc(C(=O)NCCCOc2ccc(F)cc2)c(O)c1=O. The molecule has 6 nitrogen and oxygen atoms in total. The van der Waals surface area contributed by atoms with E-state index in [1.807, 2.05) is 0 Å². The molecule has 2 N–H and O–H groups in total. The van der Waals surface area contributed by atoms with E-state index >= 15 is 0 Å². The van der Waals surface area contributed by atoms with Gasteiger partial charge in [0.15, 0.2) is 5.75 Å². The fourth-order valence-electron chi connectivity index (χ4n) is 2.22. The number of aromatic nitrogens is 1. The van der Waals surface area contributed by atoms with Crippen molar-refractivity contribution in [2.24, 2.45) is 7.05 Å². The molecule has 0 radical (unpaired) electrons. The Morgan fingerprint density at radius 3 is 2.48 bits per heavy atom. The third-order valence-corrected chi connectivity index (χ3v) is 3.63. The number of benzene rings is 1. The number of hydrogen-bond acceptors (Lipinski definition) is 4. The van der Waals surface area contributed by atoms with Gasteiger partial charge in [-0.25, -0.2) is 4.39 Å². The highest BCUT2D eigenvalue weighted by molar-refractivity contribution is 5.96. The van der Waals surface area contributed by atoms with E-state index in [4.69, 9.17) is 4.74 Å². The number of halogens is 4. The van der Waals surface area contributed by atoms with E-state index in [2.05, 4.69) is 5.32 Å². The number of hydrogen-bond donors (Lipinski definition) is 2. The molecule has 0 bridgehead atoms. The van der Waals surface area contributed by atoms with Gasteiger partial charge in [0.2, 0.25) is 0 Å². The zero-order chi connectivity index (χ0) is 20.2. The highest BCUT2D eigenvalue weighted by Gasteiger charge is 2.36. The molecule has 0 atom stereocenters. The molecular formula is C17H16F4N2O4. The van der Waals surface area contributed by atoms with Crippen LogP contribution in [0.25, 0.3) is 0 Å². The van der Waals surface area contributed by atoms with Crippen LogP contribution in [0, 0.1) is 5.82 Å². The molecule has 2 rings (SSSR count). The van der Waals surface area contributed by atoms with Gasteiger partial charge in [-0.05, 0) is 36.8 Å². The predicted octanol–water partition coefficient (Wildman–Crippen LogP) is 2.45. The van der Waals surface area contributed by atoms with Crippen LogP contribution >= 0.6 is 0 Å². The summed E-state index contributed by atoms with van der Waals surface area (Å²) in [6, 6.07) is 5.69. The van der Waals surface area contributed by atoms with Gasteiger partial charge < -0.3 is 19.7 Å². The number of amides is 1. The Morgan fingerprint density at radius 1 is 1.26 bits per heavy atom. The number of carbonyl (C=O) groups excluding carboxylic acids is 1. The van der Waals surface area contributed by atoms with Gasteiger partial charge in [-0.1, -0.05) is 0 Å². The lowest BCUT2D eigenvalue weighted by Gasteiger charge is -2.14. The molecule has 0 spiro atoms. The largest absolute Gasteiger partial charge is 0.502 e. The molecule has 0 aliphatic rings. The van der Waals surface area contributed by atoms with E-state index in [1.54, 1.807) is 0 Å². The molecule has 10 heteroatoms. The quantitative estimate of drug-likeness (QED) is 0.589. The lowest BCUT2D eigenvalue weighted by atomic mass is 10.1. The second kappa shape index (κ2) is 8.11. The van der Waals surface area contributed by atoms with E-state index < -0.39 is 40.5 Å². The number of aromatic hydroxyl groups is 1. The number of pyridine rings is 1. The summed E-state index contributed by atoms with van der Waals surface area (Å²) in [5.41, 5.74) is -3.44. The molecule has 1 amide bonds. The first-order chi connectivity index (χ1) is 12.6. The fourth-order valence-corrected chi connectivity index (χ4v) is 2.22. The fraction of sp³-hybridized carbons (Fsp3) is 0.294. The van der Waals surface area contributed by atoms with Gasteiger partial charge in [0.25, 0.3) is 11.5 Å². The van der Waals surface area contributed by atoms with E-state index in [1.165, 1.54) is 24.3 Å². The van der Waals surface area contributed by atoms with Crippen LogP contribution in [0.15, 0.2) is 35.1 Å². The molecule has 1 aromatic heterocycles. The third kappa shape index (κ3) is 4.99. The summed E-state index contributed by atoms with van der Waals surface area (Å²) in [6.45, 7) is 0.179. The standard InChI is InChI=1S/C17H16F4N2O4/c1-23-13(17(19,20)21)9-12(14(24)16(23)26)15(25)22-7-2-8-27-11-5-3-10(18)4-6-11/h3-6,9,24H,2,7-8H2,1H3,(H,22,25). The minimum Gasteiger partial charge on any atom is -0.502 e. The predicted molar refractivity (Wildman–Crippen MR) is 87.2 cm³/mol. The second-order valence-electron chi connectivity index (χ2n) is 5.57. The van der Waals surface area contributed by atoms with E-state index in [9.17, 15) is 32.3 Å². The van der Waals surface area contributed by atoms with Crippen molar-refractivity contribution in [3.8, 4) is 11.5 Å². The molecular weight excluding hydrogens is 372 g/mol. The van der Waals surface area contributed by atoms with Crippen molar-refractivity contribution < 1.29 is 32.2 Å².